The summed E-state index contributed by atoms with van der Waals surface area (Å²) in [6.45, 7) is 6.49. The predicted octanol–water partition coefficient (Wildman–Crippen LogP) is 3.30. The summed E-state index contributed by atoms with van der Waals surface area (Å²) in [6.07, 6.45) is 5.58. The van der Waals surface area contributed by atoms with Crippen LogP contribution >= 0.6 is 0 Å². The highest BCUT2D eigenvalue weighted by Crippen LogP contribution is 2.21. The van der Waals surface area contributed by atoms with Crippen molar-refractivity contribution in [3.05, 3.63) is 54.6 Å². The lowest BCUT2D eigenvalue weighted by atomic mass is 10.2. The van der Waals surface area contributed by atoms with Crippen LogP contribution in [-0.4, -0.2) is 6.79 Å². The first-order valence-corrected chi connectivity index (χ1v) is 4.90. The third kappa shape index (κ3) is 4.00. The zero-order valence-electron chi connectivity index (χ0n) is 8.98. The molecular weight excluding hydrogens is 188 g/mol. The van der Waals surface area contributed by atoms with Crippen LogP contribution in [0.1, 0.15) is 12.5 Å². The van der Waals surface area contributed by atoms with E-state index in [-0.39, 0.29) is 0 Å². The van der Waals surface area contributed by atoms with Crippen molar-refractivity contribution in [1.29, 1.82) is 0 Å². The molecule has 0 radical (unpaired) electrons. The van der Waals surface area contributed by atoms with E-state index in [1.165, 1.54) is 0 Å². The lowest BCUT2D eigenvalue weighted by Gasteiger charge is -2.16. The van der Waals surface area contributed by atoms with E-state index in [1.807, 2.05) is 43.3 Å². The van der Waals surface area contributed by atoms with E-state index in [0.717, 1.165) is 11.3 Å². The third-order valence-electron chi connectivity index (χ3n) is 1.86. The Morgan fingerprint density at radius 2 is 2.13 bits per heavy atom. The second-order valence-corrected chi connectivity index (χ2v) is 2.98. The summed E-state index contributed by atoms with van der Waals surface area (Å²) in [4.78, 5) is 0. The molecule has 1 heterocycles. The minimum absolute atomic E-state index is 0.386. The van der Waals surface area contributed by atoms with Crippen molar-refractivity contribution in [2.45, 2.75) is 13.5 Å². The molecule has 0 aromatic heterocycles. The fourth-order valence-corrected chi connectivity index (χ4v) is 1.16. The van der Waals surface area contributed by atoms with Crippen molar-refractivity contribution in [1.82, 2.24) is 0 Å². The van der Waals surface area contributed by atoms with Gasteiger partial charge in [-0.25, -0.2) is 0 Å². The molecule has 0 fully saturated rings. The highest BCUT2D eigenvalue weighted by molar-refractivity contribution is 5.33. The number of allylic oxidation sites excluding steroid dienone is 3. The van der Waals surface area contributed by atoms with Crippen LogP contribution in [0, 0.1) is 0 Å². The molecule has 0 aliphatic carbocycles. The normalized spacial score (nSPS) is 13.4. The summed E-state index contributed by atoms with van der Waals surface area (Å²) in [7, 11) is 0. The van der Waals surface area contributed by atoms with Crippen LogP contribution in [0.25, 0.3) is 0 Å². The fourth-order valence-electron chi connectivity index (χ4n) is 1.16. The van der Waals surface area contributed by atoms with Gasteiger partial charge in [-0.1, -0.05) is 43.0 Å². The summed E-state index contributed by atoms with van der Waals surface area (Å²) in [5.74, 6) is 0.953. The van der Waals surface area contributed by atoms with Gasteiger partial charge in [0.15, 0.2) is 6.79 Å². The molecule has 1 aliphatic rings. The molecule has 0 spiro atoms. The van der Waals surface area contributed by atoms with Crippen molar-refractivity contribution in [2.24, 2.45) is 0 Å². The number of hydrogen-bond donors (Lipinski definition) is 0. The molecule has 2 nitrogen and oxygen atoms in total. The van der Waals surface area contributed by atoms with Crippen LogP contribution in [-0.2, 0) is 11.3 Å². The van der Waals surface area contributed by atoms with Gasteiger partial charge in [-0.05, 0) is 13.0 Å². The molecular formula is C13H16O2. The zero-order chi connectivity index (χ0) is 10.9. The minimum atomic E-state index is 0.386. The van der Waals surface area contributed by atoms with E-state index < -0.39 is 0 Å². The Bertz CT molecular complexity index is 304. The Labute approximate surface area is 90.8 Å². The quantitative estimate of drug-likeness (QED) is 0.653. The van der Waals surface area contributed by atoms with Gasteiger partial charge in [0.1, 0.15) is 5.75 Å². The Morgan fingerprint density at radius 1 is 1.33 bits per heavy atom. The van der Waals surface area contributed by atoms with Crippen molar-refractivity contribution >= 4 is 0 Å². The Balaban J connectivity index is 0.000000195. The predicted molar refractivity (Wildman–Crippen MR) is 61.7 cm³/mol. The lowest BCUT2D eigenvalue weighted by molar-refractivity contribution is -0.0163. The standard InChI is InChI=1S/C8H8O2.C5H8/c1-2-4-8-7(3-1)5-9-6-10-8;1-3-5-4-2/h1-4H,5-6H2;3-5H,1H2,2H3. The first-order chi connectivity index (χ1) is 7.38. The van der Waals surface area contributed by atoms with Crippen LogP contribution in [0.15, 0.2) is 49.1 Å². The summed E-state index contributed by atoms with van der Waals surface area (Å²) in [5.41, 5.74) is 1.13. The van der Waals surface area contributed by atoms with E-state index in [0.29, 0.717) is 13.4 Å². The lowest BCUT2D eigenvalue weighted by Crippen LogP contribution is -2.10. The molecule has 1 aromatic carbocycles. The van der Waals surface area contributed by atoms with Gasteiger partial charge in [0.05, 0.1) is 6.61 Å². The maximum atomic E-state index is 5.20. The van der Waals surface area contributed by atoms with Crippen molar-refractivity contribution in [3.63, 3.8) is 0 Å². The number of para-hydroxylation sites is 1. The van der Waals surface area contributed by atoms with Gasteiger partial charge in [-0.2, -0.15) is 0 Å². The van der Waals surface area contributed by atoms with Gasteiger partial charge in [-0.3, -0.25) is 0 Å². The fraction of sp³-hybridized carbons (Fsp3) is 0.231. The summed E-state index contributed by atoms with van der Waals surface area (Å²) in [5, 5.41) is 0. The molecule has 0 bridgehead atoms. The molecule has 1 aromatic rings. The highest BCUT2D eigenvalue weighted by Gasteiger charge is 2.07. The molecule has 2 rings (SSSR count). The van der Waals surface area contributed by atoms with E-state index in [2.05, 4.69) is 6.58 Å². The third-order valence-corrected chi connectivity index (χ3v) is 1.86. The second kappa shape index (κ2) is 6.85. The van der Waals surface area contributed by atoms with Gasteiger partial charge < -0.3 is 9.47 Å². The minimum Gasteiger partial charge on any atom is -0.467 e. The summed E-state index contributed by atoms with van der Waals surface area (Å²) < 4.78 is 10.3. The Morgan fingerprint density at radius 3 is 2.73 bits per heavy atom. The Hall–Kier alpha value is -1.54. The van der Waals surface area contributed by atoms with Crippen LogP contribution in [0.2, 0.25) is 0 Å². The van der Waals surface area contributed by atoms with Gasteiger partial charge in [0.25, 0.3) is 0 Å². The van der Waals surface area contributed by atoms with Crippen molar-refractivity contribution in [3.8, 4) is 5.75 Å². The molecule has 0 unspecified atom stereocenters. The van der Waals surface area contributed by atoms with Crippen molar-refractivity contribution in [2.75, 3.05) is 6.79 Å². The smallest absolute Gasteiger partial charge is 0.189 e. The molecule has 80 valence electrons. The molecule has 0 atom stereocenters. The highest BCUT2D eigenvalue weighted by atomic mass is 16.7. The topological polar surface area (TPSA) is 18.5 Å². The summed E-state index contributed by atoms with van der Waals surface area (Å²) >= 11 is 0. The number of rotatable bonds is 1. The molecule has 0 amide bonds. The molecule has 0 saturated carbocycles. The molecule has 2 heteroatoms. The van der Waals surface area contributed by atoms with Crippen LogP contribution < -0.4 is 4.74 Å². The van der Waals surface area contributed by atoms with E-state index >= 15 is 0 Å². The van der Waals surface area contributed by atoms with E-state index in [1.54, 1.807) is 6.08 Å². The van der Waals surface area contributed by atoms with E-state index in [9.17, 15) is 0 Å². The molecule has 0 N–H and O–H groups in total. The van der Waals surface area contributed by atoms with Gasteiger partial charge >= 0.3 is 0 Å². The van der Waals surface area contributed by atoms with Gasteiger partial charge in [0, 0.05) is 5.56 Å². The average Bonchev–Trinajstić information content (AvgIpc) is 2.31. The maximum Gasteiger partial charge on any atom is 0.189 e. The van der Waals surface area contributed by atoms with Crippen LogP contribution in [0.3, 0.4) is 0 Å². The number of fused-ring (bicyclic) bond motifs is 1. The maximum absolute atomic E-state index is 5.20. The number of ether oxygens (including phenoxy) is 2. The number of hydrogen-bond acceptors (Lipinski definition) is 2. The van der Waals surface area contributed by atoms with Crippen LogP contribution in [0.4, 0.5) is 0 Å². The largest absolute Gasteiger partial charge is 0.467 e. The Kier molecular flexibility index (Phi) is 5.26. The van der Waals surface area contributed by atoms with Gasteiger partial charge in [-0.15, -0.1) is 0 Å². The van der Waals surface area contributed by atoms with Crippen LogP contribution in [0.5, 0.6) is 5.75 Å². The molecule has 15 heavy (non-hydrogen) atoms. The van der Waals surface area contributed by atoms with E-state index in [4.69, 9.17) is 9.47 Å². The van der Waals surface area contributed by atoms with Crippen molar-refractivity contribution < 1.29 is 9.47 Å². The average molecular weight is 204 g/mol. The summed E-state index contributed by atoms with van der Waals surface area (Å²) in [6, 6.07) is 7.91. The molecule has 0 saturated heterocycles. The zero-order valence-corrected chi connectivity index (χ0v) is 8.98. The van der Waals surface area contributed by atoms with Gasteiger partial charge in [0.2, 0.25) is 0 Å². The first-order valence-electron chi connectivity index (χ1n) is 4.90. The number of benzene rings is 1. The SMILES string of the molecule is C=CC=CC.c1ccc2c(c1)COCO2. The first kappa shape index (κ1) is 11.5. The second-order valence-electron chi connectivity index (χ2n) is 2.98. The monoisotopic (exact) mass is 204 g/mol. The molecule has 1 aliphatic heterocycles.